The van der Waals surface area contributed by atoms with Crippen molar-refractivity contribution < 1.29 is 0 Å². The van der Waals surface area contributed by atoms with Gasteiger partial charge in [0.15, 0.2) is 0 Å². The Kier molecular flexibility index (Phi) is 7.25. The van der Waals surface area contributed by atoms with Gasteiger partial charge in [-0.2, -0.15) is 0 Å². The minimum atomic E-state index is 0.635. The molecule has 118 valence electrons. The van der Waals surface area contributed by atoms with Crippen molar-refractivity contribution in [2.75, 3.05) is 6.54 Å². The topological polar surface area (TPSA) is 12.0 Å². The van der Waals surface area contributed by atoms with Crippen LogP contribution in [0.5, 0.6) is 0 Å². The first-order chi connectivity index (χ1) is 10.2. The Morgan fingerprint density at radius 3 is 2.48 bits per heavy atom. The maximum absolute atomic E-state index is 3.75. The zero-order valence-electron chi connectivity index (χ0n) is 13.6. The van der Waals surface area contributed by atoms with Gasteiger partial charge in [0.25, 0.3) is 0 Å². The first-order valence-electron chi connectivity index (χ1n) is 8.71. The van der Waals surface area contributed by atoms with E-state index in [1.165, 1.54) is 48.6 Å². The van der Waals surface area contributed by atoms with Gasteiger partial charge in [0.05, 0.1) is 0 Å². The fourth-order valence-electron chi connectivity index (χ4n) is 3.86. The minimum absolute atomic E-state index is 0.635. The molecule has 0 aliphatic heterocycles. The maximum atomic E-state index is 3.75. The van der Waals surface area contributed by atoms with Gasteiger partial charge < -0.3 is 5.32 Å². The molecule has 2 rings (SSSR count). The highest BCUT2D eigenvalue weighted by Gasteiger charge is 2.27. The summed E-state index contributed by atoms with van der Waals surface area (Å²) in [6.07, 6.45) is 9.64. The Morgan fingerprint density at radius 1 is 1.14 bits per heavy atom. The first-order valence-corrected chi connectivity index (χ1v) is 9.50. The molecule has 1 aliphatic carbocycles. The fourth-order valence-corrected chi connectivity index (χ4v) is 4.30. The lowest BCUT2D eigenvalue weighted by Crippen LogP contribution is -2.39. The van der Waals surface area contributed by atoms with Crippen molar-refractivity contribution in [1.29, 1.82) is 0 Å². The van der Waals surface area contributed by atoms with Crippen molar-refractivity contribution in [2.24, 2.45) is 11.8 Å². The van der Waals surface area contributed by atoms with E-state index in [4.69, 9.17) is 0 Å². The second-order valence-electron chi connectivity index (χ2n) is 6.53. The lowest BCUT2D eigenvalue weighted by Gasteiger charge is -2.34. The quantitative estimate of drug-likeness (QED) is 0.676. The van der Waals surface area contributed by atoms with Crippen LogP contribution in [0.4, 0.5) is 0 Å². The molecule has 0 radical (unpaired) electrons. The fraction of sp³-hybridized carbons (Fsp3) is 0.684. The van der Waals surface area contributed by atoms with Gasteiger partial charge in [-0.15, -0.1) is 0 Å². The van der Waals surface area contributed by atoms with E-state index in [2.05, 4.69) is 59.4 Å². The average molecular weight is 352 g/mol. The second kappa shape index (κ2) is 8.95. The van der Waals surface area contributed by atoms with Gasteiger partial charge in [0.2, 0.25) is 0 Å². The molecule has 0 aromatic heterocycles. The van der Waals surface area contributed by atoms with Crippen LogP contribution in [0.2, 0.25) is 0 Å². The molecule has 1 aromatic carbocycles. The first kappa shape index (κ1) is 17.0. The zero-order valence-corrected chi connectivity index (χ0v) is 15.2. The lowest BCUT2D eigenvalue weighted by molar-refractivity contribution is 0.213. The average Bonchev–Trinajstić information content (AvgIpc) is 2.50. The van der Waals surface area contributed by atoms with Crippen LogP contribution in [0.25, 0.3) is 0 Å². The van der Waals surface area contributed by atoms with Crippen LogP contribution >= 0.6 is 15.9 Å². The van der Waals surface area contributed by atoms with Crippen molar-refractivity contribution in [3.05, 3.63) is 34.3 Å². The molecule has 1 unspecified atom stereocenters. The number of rotatable bonds is 7. The number of hydrogen-bond donors (Lipinski definition) is 1. The van der Waals surface area contributed by atoms with Crippen molar-refractivity contribution >= 4 is 15.9 Å². The van der Waals surface area contributed by atoms with Gasteiger partial charge >= 0.3 is 0 Å². The Labute approximate surface area is 139 Å². The van der Waals surface area contributed by atoms with Crippen LogP contribution in [-0.2, 0) is 6.42 Å². The van der Waals surface area contributed by atoms with Crippen molar-refractivity contribution in [1.82, 2.24) is 5.32 Å². The summed E-state index contributed by atoms with van der Waals surface area (Å²) >= 11 is 3.70. The lowest BCUT2D eigenvalue weighted by atomic mass is 9.76. The molecular formula is C19H30BrN. The van der Waals surface area contributed by atoms with E-state index >= 15 is 0 Å². The molecule has 0 saturated heterocycles. The largest absolute Gasteiger partial charge is 0.314 e. The molecule has 2 heteroatoms. The number of halogens is 1. The highest BCUT2D eigenvalue weighted by Crippen LogP contribution is 2.34. The second-order valence-corrected chi connectivity index (χ2v) is 7.38. The predicted octanol–water partition coefficient (Wildman–Crippen LogP) is 5.58. The monoisotopic (exact) mass is 351 g/mol. The highest BCUT2D eigenvalue weighted by atomic mass is 79.9. The van der Waals surface area contributed by atoms with Crippen LogP contribution in [0.15, 0.2) is 28.7 Å². The molecule has 0 amide bonds. The van der Waals surface area contributed by atoms with Crippen LogP contribution in [0.3, 0.4) is 0 Å². The number of nitrogens with one attached hydrogen (secondary N) is 1. The smallest absolute Gasteiger partial charge is 0.0207 e. The van der Waals surface area contributed by atoms with E-state index < -0.39 is 0 Å². The highest BCUT2D eigenvalue weighted by molar-refractivity contribution is 9.10. The summed E-state index contributed by atoms with van der Waals surface area (Å²) < 4.78 is 1.26. The predicted molar refractivity (Wildman–Crippen MR) is 95.7 cm³/mol. The number of likely N-dealkylation sites (N-methyl/N-ethyl adjacent to an activating group) is 1. The molecule has 0 bridgehead atoms. The van der Waals surface area contributed by atoms with E-state index in [-0.39, 0.29) is 0 Å². The van der Waals surface area contributed by atoms with Gasteiger partial charge in [-0.25, -0.2) is 0 Å². The third-order valence-corrected chi connectivity index (χ3v) is 5.79. The van der Waals surface area contributed by atoms with Gasteiger partial charge in [-0.1, -0.05) is 73.7 Å². The van der Waals surface area contributed by atoms with Crippen LogP contribution in [0, 0.1) is 11.8 Å². The Balaban J connectivity index is 1.95. The molecule has 0 heterocycles. The molecule has 1 N–H and O–H groups in total. The summed E-state index contributed by atoms with van der Waals surface area (Å²) in [6.45, 7) is 5.63. The summed E-state index contributed by atoms with van der Waals surface area (Å²) in [7, 11) is 0. The summed E-state index contributed by atoms with van der Waals surface area (Å²) in [5, 5.41) is 3.75. The summed E-state index contributed by atoms with van der Waals surface area (Å²) in [6, 6.07) is 9.32. The number of hydrogen-bond acceptors (Lipinski definition) is 1. The van der Waals surface area contributed by atoms with Crippen LogP contribution in [-0.4, -0.2) is 12.6 Å². The van der Waals surface area contributed by atoms with Gasteiger partial charge in [0.1, 0.15) is 0 Å². The van der Waals surface area contributed by atoms with Crippen molar-refractivity contribution in [3.8, 4) is 0 Å². The Morgan fingerprint density at radius 2 is 1.86 bits per heavy atom. The summed E-state index contributed by atoms with van der Waals surface area (Å²) in [4.78, 5) is 0. The normalized spacial score (nSPS) is 24.0. The van der Waals surface area contributed by atoms with E-state index in [9.17, 15) is 0 Å². The molecule has 1 nitrogen and oxygen atoms in total. The van der Waals surface area contributed by atoms with Gasteiger partial charge in [-0.3, -0.25) is 0 Å². The van der Waals surface area contributed by atoms with Gasteiger partial charge in [0, 0.05) is 10.5 Å². The molecule has 0 spiro atoms. The standard InChI is InChI=1S/C19H30BrN/c1-3-7-15-10-12-16(13-11-15)19(21-4-2)14-17-8-5-6-9-18(17)20/h5-6,8-9,15-16,19,21H,3-4,7,10-14H2,1-2H3. The molecule has 1 saturated carbocycles. The maximum Gasteiger partial charge on any atom is 0.0207 e. The molecule has 21 heavy (non-hydrogen) atoms. The minimum Gasteiger partial charge on any atom is -0.314 e. The third-order valence-electron chi connectivity index (χ3n) is 5.02. The SMILES string of the molecule is CCCC1CCC(C(Cc2ccccc2Br)NCC)CC1. The van der Waals surface area contributed by atoms with Crippen LogP contribution in [0.1, 0.15) is 57.9 Å². The third kappa shape index (κ3) is 5.10. The van der Waals surface area contributed by atoms with Gasteiger partial charge in [-0.05, 0) is 49.3 Å². The number of benzene rings is 1. The Hall–Kier alpha value is -0.340. The van der Waals surface area contributed by atoms with Crippen molar-refractivity contribution in [3.63, 3.8) is 0 Å². The summed E-state index contributed by atoms with van der Waals surface area (Å²) in [5.74, 6) is 1.85. The van der Waals surface area contributed by atoms with E-state index in [1.54, 1.807) is 0 Å². The van der Waals surface area contributed by atoms with Crippen LogP contribution < -0.4 is 5.32 Å². The molecular weight excluding hydrogens is 322 g/mol. The summed E-state index contributed by atoms with van der Waals surface area (Å²) in [5.41, 5.74) is 1.44. The zero-order chi connectivity index (χ0) is 15.1. The van der Waals surface area contributed by atoms with E-state index in [1.807, 2.05) is 0 Å². The van der Waals surface area contributed by atoms with E-state index in [0.29, 0.717) is 6.04 Å². The molecule has 1 aromatic rings. The Bertz CT molecular complexity index is 410. The molecule has 1 atom stereocenters. The van der Waals surface area contributed by atoms with Crippen molar-refractivity contribution in [2.45, 2.75) is 64.8 Å². The van der Waals surface area contributed by atoms with E-state index in [0.717, 1.165) is 24.8 Å². The molecule has 1 fully saturated rings. The molecule has 1 aliphatic rings.